The first-order chi connectivity index (χ1) is 13.2. The first-order valence-corrected chi connectivity index (χ1v) is 8.63. The number of nitrogens with zero attached hydrogens (tertiary/aromatic N) is 5. The average molecular weight is 384 g/mol. The van der Waals surface area contributed by atoms with E-state index in [0.29, 0.717) is 29.9 Å². The third-order valence-corrected chi connectivity index (χ3v) is 4.54. The summed E-state index contributed by atoms with van der Waals surface area (Å²) in [4.78, 5) is 37.7. The number of amides is 2. The van der Waals surface area contributed by atoms with E-state index < -0.39 is 23.6 Å². The molecular weight excluding hydrogens is 364 g/mol. The van der Waals surface area contributed by atoms with Crippen molar-refractivity contribution in [3.63, 3.8) is 0 Å². The van der Waals surface area contributed by atoms with Crippen molar-refractivity contribution >= 4 is 23.0 Å². The first kappa shape index (κ1) is 18.1. The minimum atomic E-state index is -1.66. The molecule has 0 spiro atoms. The number of hydrogen-bond donors (Lipinski definition) is 4. The lowest BCUT2D eigenvalue weighted by molar-refractivity contribution is -0.148. The maximum atomic E-state index is 12.6. The van der Waals surface area contributed by atoms with Crippen molar-refractivity contribution in [2.24, 2.45) is 12.8 Å². The van der Waals surface area contributed by atoms with Crippen molar-refractivity contribution in [1.29, 1.82) is 0 Å². The Kier molecular flexibility index (Phi) is 4.12. The Balaban J connectivity index is 1.53. The number of aryl methyl sites for hydroxylation is 1. The van der Waals surface area contributed by atoms with Crippen LogP contribution >= 0.6 is 0 Å². The van der Waals surface area contributed by atoms with Crippen LogP contribution in [0.25, 0.3) is 22.4 Å². The Morgan fingerprint density at radius 2 is 2.14 bits per heavy atom. The highest BCUT2D eigenvalue weighted by Crippen LogP contribution is 2.21. The molecule has 5 N–H and O–H groups in total. The molecule has 0 aromatic carbocycles. The first-order valence-electron chi connectivity index (χ1n) is 8.63. The van der Waals surface area contributed by atoms with Gasteiger partial charge in [-0.1, -0.05) is 0 Å². The van der Waals surface area contributed by atoms with Crippen LogP contribution in [0.4, 0.5) is 0 Å². The number of nitrogens with one attached hydrogen (secondary N) is 2. The van der Waals surface area contributed by atoms with E-state index in [1.807, 2.05) is 6.92 Å². The second-order valence-corrected chi connectivity index (χ2v) is 7.28. The van der Waals surface area contributed by atoms with Crippen LogP contribution in [0.15, 0.2) is 24.8 Å². The molecule has 1 atom stereocenters. The Labute approximate surface area is 159 Å². The summed E-state index contributed by atoms with van der Waals surface area (Å²) in [5, 5.41) is 16.5. The third-order valence-electron chi connectivity index (χ3n) is 4.54. The molecule has 0 aliphatic carbocycles. The summed E-state index contributed by atoms with van der Waals surface area (Å²) in [5.41, 5.74) is 7.62. The number of hydrogen-bond acceptors (Lipinski definition) is 7. The predicted octanol–water partition coefficient (Wildman–Crippen LogP) is -1.03. The van der Waals surface area contributed by atoms with E-state index in [1.54, 1.807) is 30.3 Å². The third kappa shape index (κ3) is 3.21. The van der Waals surface area contributed by atoms with Crippen LogP contribution in [-0.2, 0) is 11.8 Å². The lowest BCUT2D eigenvalue weighted by Crippen LogP contribution is -2.69. The summed E-state index contributed by atoms with van der Waals surface area (Å²) >= 11 is 0. The molecule has 1 aliphatic rings. The summed E-state index contributed by atoms with van der Waals surface area (Å²) in [7, 11) is 1.79. The van der Waals surface area contributed by atoms with E-state index in [2.05, 4.69) is 25.4 Å². The van der Waals surface area contributed by atoms with Gasteiger partial charge in [0.05, 0.1) is 23.7 Å². The minimum Gasteiger partial charge on any atom is -0.365 e. The fourth-order valence-electron chi connectivity index (χ4n) is 3.18. The molecule has 0 radical (unpaired) electrons. The number of aliphatic hydroxyl groups excluding tert-OH is 1. The van der Waals surface area contributed by atoms with Gasteiger partial charge in [-0.05, 0) is 6.92 Å². The molecule has 11 nitrogen and oxygen atoms in total. The molecule has 146 valence electrons. The van der Waals surface area contributed by atoms with Gasteiger partial charge in [0, 0.05) is 43.6 Å². The number of aromatic amines is 1. The SMILES string of the molecule is Cn1cc(-c2cnc3[nH]cc(C(=O)N[C@H](O)C(=O)N4CC(C)(N)C4)c3n2)cn1. The van der Waals surface area contributed by atoms with Crippen molar-refractivity contribution in [3.8, 4) is 11.3 Å². The fraction of sp³-hybridized carbons (Fsp3) is 0.353. The number of aromatic nitrogens is 5. The van der Waals surface area contributed by atoms with Gasteiger partial charge in [0.2, 0.25) is 6.23 Å². The van der Waals surface area contributed by atoms with Crippen LogP contribution in [0.2, 0.25) is 0 Å². The quantitative estimate of drug-likeness (QED) is 0.419. The Morgan fingerprint density at radius 1 is 1.39 bits per heavy atom. The number of aliphatic hydroxyl groups is 1. The summed E-state index contributed by atoms with van der Waals surface area (Å²) < 4.78 is 1.63. The zero-order valence-electron chi connectivity index (χ0n) is 15.4. The second-order valence-electron chi connectivity index (χ2n) is 7.28. The maximum Gasteiger partial charge on any atom is 0.272 e. The number of fused-ring (bicyclic) bond motifs is 1. The molecule has 2 amide bonds. The number of carbonyl (C=O) groups excluding carboxylic acids is 2. The normalized spacial score (nSPS) is 16.6. The molecule has 1 fully saturated rings. The molecule has 11 heteroatoms. The molecule has 28 heavy (non-hydrogen) atoms. The van der Waals surface area contributed by atoms with Crippen LogP contribution in [-0.4, -0.2) is 71.4 Å². The van der Waals surface area contributed by atoms with Crippen LogP contribution in [0.3, 0.4) is 0 Å². The standard InChI is InChI=1S/C17H20N8O3/c1-17(18)7-25(8-17)16(28)15(27)23-14(26)10-4-19-13-12(10)22-11(5-20-13)9-3-21-24(2)6-9/h3-6,15,27H,7-8,18H2,1-2H3,(H,19,20)(H,23,26)/t15-/m1/s1. The molecule has 3 aromatic rings. The topological polar surface area (TPSA) is 155 Å². The summed E-state index contributed by atoms with van der Waals surface area (Å²) in [5.74, 6) is -1.24. The summed E-state index contributed by atoms with van der Waals surface area (Å²) in [6, 6.07) is 0. The minimum absolute atomic E-state index is 0.173. The molecular formula is C17H20N8O3. The van der Waals surface area contributed by atoms with Crippen LogP contribution in [0.5, 0.6) is 0 Å². The maximum absolute atomic E-state index is 12.6. The Bertz CT molecular complexity index is 1060. The molecule has 4 rings (SSSR count). The van der Waals surface area contributed by atoms with Gasteiger partial charge in [0.1, 0.15) is 5.52 Å². The Hall–Kier alpha value is -3.31. The van der Waals surface area contributed by atoms with Gasteiger partial charge in [-0.15, -0.1) is 0 Å². The lowest BCUT2D eigenvalue weighted by atomic mass is 9.93. The molecule has 4 heterocycles. The van der Waals surface area contributed by atoms with Crippen molar-refractivity contribution < 1.29 is 14.7 Å². The number of H-pyrrole nitrogens is 1. The summed E-state index contributed by atoms with van der Waals surface area (Å²) in [6.07, 6.45) is 4.77. The van der Waals surface area contributed by atoms with Gasteiger partial charge in [-0.3, -0.25) is 14.3 Å². The fourth-order valence-corrected chi connectivity index (χ4v) is 3.18. The van der Waals surface area contributed by atoms with E-state index in [9.17, 15) is 14.7 Å². The second kappa shape index (κ2) is 6.39. The predicted molar refractivity (Wildman–Crippen MR) is 98.7 cm³/mol. The number of nitrogens with two attached hydrogens (primary N) is 1. The smallest absolute Gasteiger partial charge is 0.272 e. The van der Waals surface area contributed by atoms with E-state index in [0.717, 1.165) is 5.56 Å². The van der Waals surface area contributed by atoms with Gasteiger partial charge in [0.15, 0.2) is 5.65 Å². The Morgan fingerprint density at radius 3 is 2.79 bits per heavy atom. The monoisotopic (exact) mass is 384 g/mol. The van der Waals surface area contributed by atoms with Crippen molar-refractivity contribution in [1.82, 2.24) is 34.9 Å². The van der Waals surface area contributed by atoms with Crippen LogP contribution < -0.4 is 11.1 Å². The number of likely N-dealkylation sites (tertiary alicyclic amines) is 1. The zero-order chi connectivity index (χ0) is 20.1. The largest absolute Gasteiger partial charge is 0.365 e. The van der Waals surface area contributed by atoms with Gasteiger partial charge in [-0.2, -0.15) is 5.10 Å². The number of carbonyl (C=O) groups is 2. The van der Waals surface area contributed by atoms with Crippen LogP contribution in [0.1, 0.15) is 17.3 Å². The van der Waals surface area contributed by atoms with Gasteiger partial charge < -0.3 is 26.0 Å². The van der Waals surface area contributed by atoms with E-state index in [4.69, 9.17) is 5.73 Å². The van der Waals surface area contributed by atoms with Gasteiger partial charge >= 0.3 is 0 Å². The molecule has 0 saturated carbocycles. The lowest BCUT2D eigenvalue weighted by Gasteiger charge is -2.45. The highest BCUT2D eigenvalue weighted by atomic mass is 16.3. The highest BCUT2D eigenvalue weighted by Gasteiger charge is 2.40. The molecule has 1 aliphatic heterocycles. The number of rotatable bonds is 4. The average Bonchev–Trinajstić information content (AvgIpc) is 3.24. The highest BCUT2D eigenvalue weighted by molar-refractivity contribution is 6.06. The van der Waals surface area contributed by atoms with E-state index >= 15 is 0 Å². The van der Waals surface area contributed by atoms with Crippen molar-refractivity contribution in [3.05, 3.63) is 30.4 Å². The summed E-state index contributed by atoms with van der Waals surface area (Å²) in [6.45, 7) is 2.46. The van der Waals surface area contributed by atoms with Gasteiger partial charge in [-0.25, -0.2) is 9.97 Å². The molecule has 3 aromatic heterocycles. The zero-order valence-corrected chi connectivity index (χ0v) is 15.4. The van der Waals surface area contributed by atoms with Gasteiger partial charge in [0.25, 0.3) is 11.8 Å². The van der Waals surface area contributed by atoms with E-state index in [-0.39, 0.29) is 5.56 Å². The van der Waals surface area contributed by atoms with E-state index in [1.165, 1.54) is 11.1 Å². The van der Waals surface area contributed by atoms with Crippen LogP contribution in [0, 0.1) is 0 Å². The molecule has 1 saturated heterocycles. The van der Waals surface area contributed by atoms with Crippen molar-refractivity contribution in [2.45, 2.75) is 18.7 Å². The molecule has 0 unspecified atom stereocenters. The molecule has 0 bridgehead atoms. The van der Waals surface area contributed by atoms with Crippen molar-refractivity contribution in [2.75, 3.05) is 13.1 Å².